The number of amides is 1. The molecule has 0 aliphatic heterocycles. The molecule has 1 rings (SSSR count). The molecule has 1 fully saturated rings. The van der Waals surface area contributed by atoms with E-state index in [4.69, 9.17) is 9.16 Å². The van der Waals surface area contributed by atoms with Gasteiger partial charge in [0, 0.05) is 0 Å². The fourth-order valence-electron chi connectivity index (χ4n) is 1.94. The highest BCUT2D eigenvalue weighted by Gasteiger charge is 2.39. The van der Waals surface area contributed by atoms with E-state index >= 15 is 0 Å². The summed E-state index contributed by atoms with van der Waals surface area (Å²) in [5, 5.41) is 3.10. The van der Waals surface area contributed by atoms with Crippen molar-refractivity contribution in [2.45, 2.75) is 84.2 Å². The van der Waals surface area contributed by atoms with Gasteiger partial charge in [0.1, 0.15) is 5.60 Å². The van der Waals surface area contributed by atoms with Crippen molar-refractivity contribution >= 4 is 14.4 Å². The lowest BCUT2D eigenvalue weighted by molar-refractivity contribution is 0.0495. The zero-order valence-electron chi connectivity index (χ0n) is 16.2. The van der Waals surface area contributed by atoms with Gasteiger partial charge in [-0.15, -0.1) is 0 Å². The Hall–Kier alpha value is -0.813. The SMILES string of the molecule is C=C(C1CC1)[C@@H](CO[Si](C)(C)C(C)(C)C)NC(=O)OC(C)(C)C. The Morgan fingerprint density at radius 2 is 1.74 bits per heavy atom. The maximum absolute atomic E-state index is 12.1. The van der Waals surface area contributed by atoms with Crippen LogP contribution in [0.2, 0.25) is 18.1 Å². The first-order valence-electron chi connectivity index (χ1n) is 8.55. The summed E-state index contributed by atoms with van der Waals surface area (Å²) in [4.78, 5) is 12.1. The Labute approximate surface area is 143 Å². The minimum absolute atomic E-state index is 0.143. The zero-order valence-corrected chi connectivity index (χ0v) is 17.2. The van der Waals surface area contributed by atoms with Gasteiger partial charge in [-0.1, -0.05) is 27.4 Å². The first kappa shape index (κ1) is 20.2. The molecule has 0 bridgehead atoms. The molecule has 0 saturated heterocycles. The van der Waals surface area contributed by atoms with E-state index in [2.05, 4.69) is 45.8 Å². The average Bonchev–Trinajstić information content (AvgIpc) is 3.13. The molecule has 0 aromatic heterocycles. The quantitative estimate of drug-likeness (QED) is 0.554. The predicted octanol–water partition coefficient (Wildman–Crippen LogP) is 4.87. The van der Waals surface area contributed by atoms with Gasteiger partial charge in [0.15, 0.2) is 8.32 Å². The second-order valence-corrected chi connectivity index (χ2v) is 13.9. The molecule has 0 radical (unpaired) electrons. The van der Waals surface area contributed by atoms with Gasteiger partial charge in [-0.2, -0.15) is 0 Å². The maximum Gasteiger partial charge on any atom is 0.408 e. The number of ether oxygens (including phenoxy) is 1. The van der Waals surface area contributed by atoms with Crippen LogP contribution >= 0.6 is 0 Å². The first-order chi connectivity index (χ1) is 10.2. The van der Waals surface area contributed by atoms with Gasteiger partial charge >= 0.3 is 6.09 Å². The molecule has 23 heavy (non-hydrogen) atoms. The van der Waals surface area contributed by atoms with Crippen molar-refractivity contribution in [3.8, 4) is 0 Å². The van der Waals surface area contributed by atoms with Gasteiger partial charge in [0.25, 0.3) is 0 Å². The minimum atomic E-state index is -1.86. The molecule has 134 valence electrons. The molecule has 1 saturated carbocycles. The van der Waals surface area contributed by atoms with Crippen molar-refractivity contribution in [3.05, 3.63) is 12.2 Å². The fraction of sp³-hybridized carbons (Fsp3) is 0.833. The highest BCUT2D eigenvalue weighted by molar-refractivity contribution is 6.74. The summed E-state index contributed by atoms with van der Waals surface area (Å²) in [5.41, 5.74) is 0.560. The normalized spacial score (nSPS) is 17.6. The standard InChI is InChI=1S/C18H35NO3Si/c1-13(14-10-11-14)15(19-16(20)22-17(2,3)4)12-21-23(8,9)18(5,6)7/h14-15H,1,10-12H2,2-9H3,(H,19,20)/t15-/m1/s1. The van der Waals surface area contributed by atoms with E-state index in [1.54, 1.807) is 0 Å². The monoisotopic (exact) mass is 341 g/mol. The van der Waals surface area contributed by atoms with E-state index in [9.17, 15) is 4.79 Å². The topological polar surface area (TPSA) is 47.6 Å². The molecule has 5 heteroatoms. The van der Waals surface area contributed by atoms with Crippen LogP contribution in [0.25, 0.3) is 0 Å². The molecular formula is C18H35NO3Si. The van der Waals surface area contributed by atoms with E-state index < -0.39 is 20.0 Å². The van der Waals surface area contributed by atoms with Gasteiger partial charge < -0.3 is 14.5 Å². The summed E-state index contributed by atoms with van der Waals surface area (Å²) < 4.78 is 11.7. The smallest absolute Gasteiger partial charge is 0.408 e. The Kier molecular flexibility index (Phi) is 6.13. The molecule has 1 amide bonds. The fourth-order valence-corrected chi connectivity index (χ4v) is 2.95. The molecule has 4 nitrogen and oxygen atoms in total. The van der Waals surface area contributed by atoms with Gasteiger partial charge in [-0.25, -0.2) is 4.79 Å². The molecule has 0 unspecified atom stereocenters. The van der Waals surface area contributed by atoms with Crippen LogP contribution in [0.4, 0.5) is 4.79 Å². The second-order valence-electron chi connectivity index (χ2n) is 9.12. The van der Waals surface area contributed by atoms with Crippen molar-refractivity contribution in [2.24, 2.45) is 5.92 Å². The summed E-state index contributed by atoms with van der Waals surface area (Å²) >= 11 is 0. The largest absolute Gasteiger partial charge is 0.444 e. The molecule has 1 atom stereocenters. The molecule has 1 aliphatic rings. The summed E-state index contributed by atoms with van der Waals surface area (Å²) in [6.45, 7) is 21.3. The lowest BCUT2D eigenvalue weighted by atomic mass is 10.1. The number of rotatable bonds is 6. The molecule has 0 spiro atoms. The third kappa shape index (κ3) is 6.67. The van der Waals surface area contributed by atoms with Crippen LogP contribution in [0.15, 0.2) is 12.2 Å². The third-order valence-corrected chi connectivity index (χ3v) is 9.16. The third-order valence-electron chi connectivity index (χ3n) is 4.66. The van der Waals surface area contributed by atoms with E-state index in [1.807, 2.05) is 20.8 Å². The van der Waals surface area contributed by atoms with Crippen LogP contribution in [-0.2, 0) is 9.16 Å². The predicted molar refractivity (Wildman–Crippen MR) is 98.2 cm³/mol. The number of nitrogens with one attached hydrogen (secondary N) is 1. The molecule has 0 aromatic carbocycles. The summed E-state index contributed by atoms with van der Waals surface area (Å²) in [6, 6.07) is -0.175. The summed E-state index contributed by atoms with van der Waals surface area (Å²) in [5.74, 6) is 0.512. The Bertz CT molecular complexity index is 442. The molecule has 1 aliphatic carbocycles. The first-order valence-corrected chi connectivity index (χ1v) is 11.5. The van der Waals surface area contributed by atoms with E-state index in [-0.39, 0.29) is 11.1 Å². The molecule has 0 aromatic rings. The number of hydrogen-bond acceptors (Lipinski definition) is 3. The second kappa shape index (κ2) is 6.97. The van der Waals surface area contributed by atoms with Gasteiger partial charge in [-0.05, 0) is 63.2 Å². The maximum atomic E-state index is 12.1. The van der Waals surface area contributed by atoms with Gasteiger partial charge in [0.2, 0.25) is 0 Å². The highest BCUT2D eigenvalue weighted by Crippen LogP contribution is 2.39. The number of carbonyl (C=O) groups excluding carboxylic acids is 1. The minimum Gasteiger partial charge on any atom is -0.444 e. The van der Waals surface area contributed by atoms with Crippen LogP contribution in [-0.4, -0.2) is 32.7 Å². The Morgan fingerprint density at radius 1 is 1.22 bits per heavy atom. The van der Waals surface area contributed by atoms with Crippen LogP contribution in [0.5, 0.6) is 0 Å². The average molecular weight is 342 g/mol. The molecule has 1 N–H and O–H groups in total. The van der Waals surface area contributed by atoms with Crippen molar-refractivity contribution in [3.63, 3.8) is 0 Å². The van der Waals surface area contributed by atoms with Crippen LogP contribution in [0, 0.1) is 5.92 Å². The Morgan fingerprint density at radius 3 is 2.13 bits per heavy atom. The van der Waals surface area contributed by atoms with Crippen molar-refractivity contribution < 1.29 is 14.0 Å². The van der Waals surface area contributed by atoms with Crippen molar-refractivity contribution in [1.82, 2.24) is 5.32 Å². The Balaban J connectivity index is 2.70. The van der Waals surface area contributed by atoms with Crippen LogP contribution < -0.4 is 5.32 Å². The molecule has 0 heterocycles. The number of alkyl carbamates (subject to hydrolysis) is 1. The van der Waals surface area contributed by atoms with Crippen molar-refractivity contribution in [2.75, 3.05) is 6.61 Å². The zero-order chi connectivity index (χ0) is 18.1. The van der Waals surface area contributed by atoms with E-state index in [0.29, 0.717) is 12.5 Å². The van der Waals surface area contributed by atoms with Gasteiger partial charge in [0.05, 0.1) is 12.6 Å². The number of carbonyl (C=O) groups is 1. The van der Waals surface area contributed by atoms with Gasteiger partial charge in [-0.3, -0.25) is 0 Å². The van der Waals surface area contributed by atoms with E-state index in [1.165, 1.54) is 0 Å². The van der Waals surface area contributed by atoms with Crippen LogP contribution in [0.1, 0.15) is 54.4 Å². The summed E-state index contributed by atoms with van der Waals surface area (Å²) in [7, 11) is -1.86. The highest BCUT2D eigenvalue weighted by atomic mass is 28.4. The van der Waals surface area contributed by atoms with Crippen LogP contribution in [0.3, 0.4) is 0 Å². The lowest BCUT2D eigenvalue weighted by Gasteiger charge is -2.37. The van der Waals surface area contributed by atoms with Crippen molar-refractivity contribution in [1.29, 1.82) is 0 Å². The summed E-state index contributed by atoms with van der Waals surface area (Å²) in [6.07, 6.45) is 1.92. The number of hydrogen-bond donors (Lipinski definition) is 1. The lowest BCUT2D eigenvalue weighted by Crippen LogP contribution is -2.48. The van der Waals surface area contributed by atoms with E-state index in [0.717, 1.165) is 18.4 Å². The molecular weight excluding hydrogens is 306 g/mol.